The predicted molar refractivity (Wildman–Crippen MR) is 86.8 cm³/mol. The van der Waals surface area contributed by atoms with Crippen LogP contribution < -0.4 is 14.8 Å². The van der Waals surface area contributed by atoms with Gasteiger partial charge >= 0.3 is 0 Å². The molecule has 6 heteroatoms. The Bertz CT molecular complexity index is 785. The fourth-order valence-electron chi connectivity index (χ4n) is 2.13. The van der Waals surface area contributed by atoms with Crippen molar-refractivity contribution in [1.29, 1.82) is 5.41 Å². The van der Waals surface area contributed by atoms with Crippen molar-refractivity contribution in [2.75, 3.05) is 12.1 Å². The number of anilines is 1. The molecule has 0 fully saturated rings. The lowest BCUT2D eigenvalue weighted by Crippen LogP contribution is -2.19. The van der Waals surface area contributed by atoms with Crippen LogP contribution in [0.5, 0.6) is 11.5 Å². The van der Waals surface area contributed by atoms with Crippen LogP contribution >= 0.6 is 0 Å². The largest absolute Gasteiger partial charge is 0.454 e. The third-order valence-corrected chi connectivity index (χ3v) is 3.26. The highest BCUT2D eigenvalue weighted by molar-refractivity contribution is 6.26. The minimum Gasteiger partial charge on any atom is -0.454 e. The molecule has 0 bridgehead atoms. The summed E-state index contributed by atoms with van der Waals surface area (Å²) in [7, 11) is 0. The van der Waals surface area contributed by atoms with Crippen molar-refractivity contribution >= 4 is 23.5 Å². The van der Waals surface area contributed by atoms with E-state index in [0.29, 0.717) is 17.3 Å². The Labute approximate surface area is 133 Å². The van der Waals surface area contributed by atoms with Gasteiger partial charge in [0, 0.05) is 11.9 Å². The number of fused-ring (bicyclic) bond motifs is 1. The molecule has 2 heterocycles. The lowest BCUT2D eigenvalue weighted by Gasteiger charge is -2.07. The molecule has 2 aromatic rings. The van der Waals surface area contributed by atoms with E-state index in [1.165, 1.54) is 0 Å². The maximum absolute atomic E-state index is 12.4. The smallest absolute Gasteiger partial charge is 0.258 e. The van der Waals surface area contributed by atoms with E-state index in [9.17, 15) is 4.79 Å². The van der Waals surface area contributed by atoms with Crippen LogP contribution in [0.15, 0.2) is 48.2 Å². The molecule has 0 atom stereocenters. The lowest BCUT2D eigenvalue weighted by molar-refractivity contribution is -0.112. The minimum absolute atomic E-state index is 0.163. The molecule has 0 spiro atoms. The van der Waals surface area contributed by atoms with Crippen LogP contribution in [0.3, 0.4) is 0 Å². The molecule has 1 aliphatic rings. The fraction of sp³-hybridized carbons (Fsp3) is 0.118. The van der Waals surface area contributed by atoms with Gasteiger partial charge in [-0.15, -0.1) is 0 Å². The van der Waals surface area contributed by atoms with Gasteiger partial charge in [-0.1, -0.05) is 12.1 Å². The molecule has 0 aliphatic carbocycles. The number of carbonyl (C=O) groups excluding carboxylic acids is 1. The predicted octanol–water partition coefficient (Wildman–Crippen LogP) is 2.87. The summed E-state index contributed by atoms with van der Waals surface area (Å²) < 4.78 is 10.6. The Morgan fingerprint density at radius 2 is 2.09 bits per heavy atom. The van der Waals surface area contributed by atoms with Crippen molar-refractivity contribution < 1.29 is 14.3 Å². The van der Waals surface area contributed by atoms with Gasteiger partial charge in [0.25, 0.3) is 5.91 Å². The number of benzene rings is 1. The summed E-state index contributed by atoms with van der Waals surface area (Å²) in [5.74, 6) is 1.36. The van der Waals surface area contributed by atoms with Gasteiger partial charge in [0.05, 0.1) is 5.57 Å². The first kappa shape index (κ1) is 14.8. The standard InChI is InChI=1S/C17H15N3O3/c1-11(18)13(17(21)20-16-4-2-3-7-19-16)8-12-5-6-14-15(9-12)23-10-22-14/h2-9,18H,10H2,1H3,(H,19,20,21)/b13-8-,18-11?. The molecule has 1 amide bonds. The summed E-state index contributed by atoms with van der Waals surface area (Å²) in [5, 5.41) is 10.5. The number of hydrogen-bond donors (Lipinski definition) is 2. The molecule has 6 nitrogen and oxygen atoms in total. The number of ether oxygens (including phenoxy) is 2. The van der Waals surface area contributed by atoms with Crippen LogP contribution in [0, 0.1) is 5.41 Å². The fourth-order valence-corrected chi connectivity index (χ4v) is 2.13. The Balaban J connectivity index is 1.86. The summed E-state index contributed by atoms with van der Waals surface area (Å²) in [5.41, 5.74) is 1.18. The highest BCUT2D eigenvalue weighted by Gasteiger charge is 2.15. The second-order valence-corrected chi connectivity index (χ2v) is 4.96. The molecule has 2 N–H and O–H groups in total. The van der Waals surface area contributed by atoms with E-state index in [4.69, 9.17) is 14.9 Å². The van der Waals surface area contributed by atoms with E-state index in [1.807, 2.05) is 6.07 Å². The molecule has 0 saturated carbocycles. The highest BCUT2D eigenvalue weighted by Crippen LogP contribution is 2.33. The normalized spacial score (nSPS) is 12.8. The van der Waals surface area contributed by atoms with Gasteiger partial charge in [0.2, 0.25) is 6.79 Å². The maximum Gasteiger partial charge on any atom is 0.258 e. The molecule has 0 saturated heterocycles. The molecule has 0 radical (unpaired) electrons. The van der Waals surface area contributed by atoms with Gasteiger partial charge < -0.3 is 20.2 Å². The van der Waals surface area contributed by atoms with Crippen LogP contribution in [-0.4, -0.2) is 23.4 Å². The topological polar surface area (TPSA) is 84.3 Å². The molecule has 23 heavy (non-hydrogen) atoms. The average Bonchev–Trinajstić information content (AvgIpc) is 3.00. The van der Waals surface area contributed by atoms with E-state index < -0.39 is 0 Å². The summed E-state index contributed by atoms with van der Waals surface area (Å²) in [6.45, 7) is 1.76. The number of carbonyl (C=O) groups is 1. The number of amides is 1. The van der Waals surface area contributed by atoms with E-state index in [2.05, 4.69) is 10.3 Å². The number of nitrogens with zero attached hydrogens (tertiary/aromatic N) is 1. The number of hydrogen-bond acceptors (Lipinski definition) is 5. The van der Waals surface area contributed by atoms with Gasteiger partial charge in [-0.05, 0) is 42.8 Å². The van der Waals surface area contributed by atoms with Gasteiger partial charge in [-0.3, -0.25) is 4.79 Å². The quantitative estimate of drug-likeness (QED) is 0.672. The van der Waals surface area contributed by atoms with Crippen LogP contribution in [0.1, 0.15) is 12.5 Å². The number of nitrogens with one attached hydrogen (secondary N) is 2. The van der Waals surface area contributed by atoms with Crippen LogP contribution in [0.2, 0.25) is 0 Å². The van der Waals surface area contributed by atoms with Gasteiger partial charge in [-0.25, -0.2) is 4.98 Å². The molecular weight excluding hydrogens is 294 g/mol. The van der Waals surface area contributed by atoms with Crippen molar-refractivity contribution in [3.05, 3.63) is 53.7 Å². The first-order chi connectivity index (χ1) is 11.1. The summed E-state index contributed by atoms with van der Waals surface area (Å²) in [4.78, 5) is 16.4. The number of pyridine rings is 1. The summed E-state index contributed by atoms with van der Waals surface area (Å²) in [6, 6.07) is 10.6. The van der Waals surface area contributed by atoms with Gasteiger partial charge in [-0.2, -0.15) is 0 Å². The van der Waals surface area contributed by atoms with E-state index in [-0.39, 0.29) is 24.0 Å². The first-order valence-corrected chi connectivity index (χ1v) is 7.03. The third kappa shape index (κ3) is 3.37. The van der Waals surface area contributed by atoms with E-state index in [0.717, 1.165) is 5.56 Å². The van der Waals surface area contributed by atoms with E-state index >= 15 is 0 Å². The summed E-state index contributed by atoms with van der Waals surface area (Å²) in [6.07, 6.45) is 3.23. The van der Waals surface area contributed by atoms with Crippen molar-refractivity contribution in [2.45, 2.75) is 6.92 Å². The zero-order valence-electron chi connectivity index (χ0n) is 12.5. The second-order valence-electron chi connectivity index (χ2n) is 4.96. The first-order valence-electron chi connectivity index (χ1n) is 7.03. The molecule has 1 aliphatic heterocycles. The number of aromatic nitrogens is 1. The lowest BCUT2D eigenvalue weighted by atomic mass is 10.1. The van der Waals surface area contributed by atoms with Crippen molar-refractivity contribution in [3.8, 4) is 11.5 Å². The molecule has 3 rings (SSSR count). The SMILES string of the molecule is CC(=N)/C(=C/c1ccc2c(c1)OCO2)C(=O)Nc1ccccn1. The van der Waals surface area contributed by atoms with Crippen LogP contribution in [0.25, 0.3) is 6.08 Å². The zero-order valence-corrected chi connectivity index (χ0v) is 12.5. The Morgan fingerprint density at radius 1 is 1.26 bits per heavy atom. The van der Waals surface area contributed by atoms with Gasteiger partial charge in [0.15, 0.2) is 11.5 Å². The Morgan fingerprint density at radius 3 is 2.83 bits per heavy atom. The highest BCUT2D eigenvalue weighted by atomic mass is 16.7. The van der Waals surface area contributed by atoms with Gasteiger partial charge in [0.1, 0.15) is 5.82 Å². The molecular formula is C17H15N3O3. The molecule has 0 unspecified atom stereocenters. The summed E-state index contributed by atoms with van der Waals surface area (Å²) >= 11 is 0. The van der Waals surface area contributed by atoms with Crippen LogP contribution in [0.4, 0.5) is 5.82 Å². The third-order valence-electron chi connectivity index (χ3n) is 3.26. The molecule has 116 valence electrons. The Kier molecular flexibility index (Phi) is 4.05. The maximum atomic E-state index is 12.4. The molecule has 1 aromatic carbocycles. The second kappa shape index (κ2) is 6.31. The van der Waals surface area contributed by atoms with Crippen molar-refractivity contribution in [3.63, 3.8) is 0 Å². The average molecular weight is 309 g/mol. The van der Waals surface area contributed by atoms with Crippen molar-refractivity contribution in [2.24, 2.45) is 0 Å². The minimum atomic E-state index is -0.381. The molecule has 1 aromatic heterocycles. The van der Waals surface area contributed by atoms with E-state index in [1.54, 1.807) is 49.5 Å². The van der Waals surface area contributed by atoms with Crippen molar-refractivity contribution in [1.82, 2.24) is 4.98 Å². The Hall–Kier alpha value is -3.15. The number of rotatable bonds is 4. The zero-order chi connectivity index (χ0) is 16.2. The monoisotopic (exact) mass is 309 g/mol. The van der Waals surface area contributed by atoms with Crippen LogP contribution in [-0.2, 0) is 4.79 Å².